The Morgan fingerprint density at radius 3 is 2.46 bits per heavy atom. The van der Waals surface area contributed by atoms with E-state index in [1.165, 1.54) is 19.3 Å². The lowest BCUT2D eigenvalue weighted by molar-refractivity contribution is -0.164. The Bertz CT molecular complexity index is 595. The van der Waals surface area contributed by atoms with E-state index in [1.807, 2.05) is 44.2 Å². The van der Waals surface area contributed by atoms with Crippen molar-refractivity contribution in [3.63, 3.8) is 0 Å². The van der Waals surface area contributed by atoms with Crippen LogP contribution in [0.1, 0.15) is 70.4 Å². The standard InChI is InChI=1S/C20H28N2O2/c1-3-20(2,19(24)21-16-12-8-5-9-13-16)22-17(14-18(22)23)15-10-6-4-7-11-15/h4,6-7,10-11,16-17H,3,5,8-9,12-14H2,1-2H3,(H,21,24). The predicted octanol–water partition coefficient (Wildman–Crippen LogP) is 3.58. The lowest BCUT2D eigenvalue weighted by Crippen LogP contribution is -2.65. The zero-order valence-electron chi connectivity index (χ0n) is 14.8. The molecule has 24 heavy (non-hydrogen) atoms. The van der Waals surface area contributed by atoms with Crippen LogP contribution in [0.15, 0.2) is 30.3 Å². The molecular formula is C20H28N2O2. The van der Waals surface area contributed by atoms with Crippen molar-refractivity contribution < 1.29 is 9.59 Å². The molecule has 2 atom stereocenters. The molecule has 1 aliphatic heterocycles. The number of rotatable bonds is 5. The van der Waals surface area contributed by atoms with Crippen molar-refractivity contribution in [3.05, 3.63) is 35.9 Å². The van der Waals surface area contributed by atoms with Crippen LogP contribution in [0.2, 0.25) is 0 Å². The molecule has 1 N–H and O–H groups in total. The van der Waals surface area contributed by atoms with Crippen molar-refractivity contribution in [2.24, 2.45) is 0 Å². The molecule has 2 unspecified atom stereocenters. The summed E-state index contributed by atoms with van der Waals surface area (Å²) in [5.41, 5.74) is 0.343. The minimum atomic E-state index is -0.771. The molecule has 1 aromatic rings. The molecule has 0 radical (unpaired) electrons. The third-order valence-corrected chi connectivity index (χ3v) is 5.78. The Balaban J connectivity index is 1.77. The Morgan fingerprint density at radius 1 is 1.21 bits per heavy atom. The molecule has 130 valence electrons. The minimum Gasteiger partial charge on any atom is -0.351 e. The summed E-state index contributed by atoms with van der Waals surface area (Å²) >= 11 is 0. The van der Waals surface area contributed by atoms with Gasteiger partial charge in [0.15, 0.2) is 0 Å². The summed E-state index contributed by atoms with van der Waals surface area (Å²) in [4.78, 5) is 27.2. The Hall–Kier alpha value is -1.84. The fourth-order valence-electron chi connectivity index (χ4n) is 4.01. The van der Waals surface area contributed by atoms with Crippen LogP contribution in [-0.4, -0.2) is 28.3 Å². The minimum absolute atomic E-state index is 0.00545. The van der Waals surface area contributed by atoms with Crippen molar-refractivity contribution in [3.8, 4) is 0 Å². The zero-order valence-corrected chi connectivity index (χ0v) is 14.8. The molecule has 1 aromatic carbocycles. The first-order chi connectivity index (χ1) is 11.6. The molecule has 1 aliphatic carbocycles. The van der Waals surface area contributed by atoms with E-state index in [0.717, 1.165) is 18.4 Å². The van der Waals surface area contributed by atoms with Crippen LogP contribution >= 0.6 is 0 Å². The molecule has 2 aliphatic rings. The number of benzene rings is 1. The number of β-lactam (4-membered cyclic amide) rings is 1. The van der Waals surface area contributed by atoms with E-state index in [1.54, 1.807) is 4.90 Å². The largest absolute Gasteiger partial charge is 0.351 e. The van der Waals surface area contributed by atoms with E-state index in [4.69, 9.17) is 0 Å². The van der Waals surface area contributed by atoms with E-state index < -0.39 is 5.54 Å². The zero-order chi connectivity index (χ0) is 17.2. The smallest absolute Gasteiger partial charge is 0.245 e. The molecule has 1 saturated heterocycles. The second-order valence-electron chi connectivity index (χ2n) is 7.33. The quantitative estimate of drug-likeness (QED) is 0.840. The first kappa shape index (κ1) is 17.0. The van der Waals surface area contributed by atoms with Crippen LogP contribution < -0.4 is 5.32 Å². The molecule has 0 bridgehead atoms. The highest BCUT2D eigenvalue weighted by molar-refractivity contribution is 5.94. The van der Waals surface area contributed by atoms with Gasteiger partial charge in [0.2, 0.25) is 11.8 Å². The summed E-state index contributed by atoms with van der Waals surface area (Å²) in [6.45, 7) is 3.91. The topological polar surface area (TPSA) is 49.4 Å². The van der Waals surface area contributed by atoms with Gasteiger partial charge in [-0.15, -0.1) is 0 Å². The average Bonchev–Trinajstić information content (AvgIpc) is 2.61. The van der Waals surface area contributed by atoms with Crippen molar-refractivity contribution in [2.45, 2.75) is 76.4 Å². The maximum absolute atomic E-state index is 13.0. The monoisotopic (exact) mass is 328 g/mol. The molecule has 0 aromatic heterocycles. The fraction of sp³-hybridized carbons (Fsp3) is 0.600. The van der Waals surface area contributed by atoms with E-state index in [2.05, 4.69) is 5.32 Å². The molecule has 2 fully saturated rings. The molecule has 1 heterocycles. The summed E-state index contributed by atoms with van der Waals surface area (Å²) in [6.07, 6.45) is 6.87. The maximum Gasteiger partial charge on any atom is 0.245 e. The fourth-order valence-corrected chi connectivity index (χ4v) is 4.01. The Morgan fingerprint density at radius 2 is 1.88 bits per heavy atom. The maximum atomic E-state index is 13.0. The number of nitrogens with one attached hydrogen (secondary N) is 1. The van der Waals surface area contributed by atoms with E-state index >= 15 is 0 Å². The highest BCUT2D eigenvalue weighted by atomic mass is 16.2. The van der Waals surface area contributed by atoms with Crippen molar-refractivity contribution in [1.29, 1.82) is 0 Å². The number of amides is 2. The molecule has 1 saturated carbocycles. The van der Waals surface area contributed by atoms with Gasteiger partial charge in [0.25, 0.3) is 0 Å². The number of carbonyl (C=O) groups excluding carboxylic acids is 2. The third kappa shape index (κ3) is 3.06. The Kier molecular flexibility index (Phi) is 4.93. The van der Waals surface area contributed by atoms with Crippen LogP contribution in [0.25, 0.3) is 0 Å². The highest BCUT2D eigenvalue weighted by Crippen LogP contribution is 2.41. The average molecular weight is 328 g/mol. The van der Waals surface area contributed by atoms with Crippen LogP contribution in [0.4, 0.5) is 0 Å². The molecule has 4 heteroatoms. The van der Waals surface area contributed by atoms with Gasteiger partial charge < -0.3 is 10.2 Å². The van der Waals surface area contributed by atoms with E-state index in [-0.39, 0.29) is 23.9 Å². The molecule has 2 amide bonds. The van der Waals surface area contributed by atoms with Gasteiger partial charge in [-0.3, -0.25) is 9.59 Å². The summed E-state index contributed by atoms with van der Waals surface area (Å²) in [7, 11) is 0. The first-order valence-electron chi connectivity index (χ1n) is 9.24. The van der Waals surface area contributed by atoms with Gasteiger partial charge in [-0.05, 0) is 31.7 Å². The Labute approximate surface area is 144 Å². The number of carbonyl (C=O) groups is 2. The van der Waals surface area contributed by atoms with Gasteiger partial charge >= 0.3 is 0 Å². The summed E-state index contributed by atoms with van der Waals surface area (Å²) in [6, 6.07) is 10.3. The van der Waals surface area contributed by atoms with Crippen LogP contribution in [0.3, 0.4) is 0 Å². The van der Waals surface area contributed by atoms with Crippen molar-refractivity contribution >= 4 is 11.8 Å². The lowest BCUT2D eigenvalue weighted by Gasteiger charge is -2.51. The number of hydrogen-bond acceptors (Lipinski definition) is 2. The number of hydrogen-bond donors (Lipinski definition) is 1. The number of likely N-dealkylation sites (tertiary alicyclic amines) is 1. The highest BCUT2D eigenvalue weighted by Gasteiger charge is 2.51. The van der Waals surface area contributed by atoms with Gasteiger partial charge in [0.1, 0.15) is 5.54 Å². The van der Waals surface area contributed by atoms with E-state index in [0.29, 0.717) is 12.8 Å². The summed E-state index contributed by atoms with van der Waals surface area (Å²) < 4.78 is 0. The van der Waals surface area contributed by atoms with Gasteiger partial charge in [0.05, 0.1) is 12.5 Å². The van der Waals surface area contributed by atoms with Crippen molar-refractivity contribution in [1.82, 2.24) is 10.2 Å². The first-order valence-corrected chi connectivity index (χ1v) is 9.24. The van der Waals surface area contributed by atoms with Gasteiger partial charge in [-0.2, -0.15) is 0 Å². The van der Waals surface area contributed by atoms with Gasteiger partial charge in [-0.25, -0.2) is 0 Å². The third-order valence-electron chi connectivity index (χ3n) is 5.78. The van der Waals surface area contributed by atoms with Crippen molar-refractivity contribution in [2.75, 3.05) is 0 Å². The van der Waals surface area contributed by atoms with Crippen LogP contribution in [0.5, 0.6) is 0 Å². The second-order valence-corrected chi connectivity index (χ2v) is 7.33. The summed E-state index contributed by atoms with van der Waals surface area (Å²) in [5.74, 6) is 0.0814. The second kappa shape index (κ2) is 6.96. The number of nitrogens with zero attached hydrogens (tertiary/aromatic N) is 1. The van der Waals surface area contributed by atoms with Gasteiger partial charge in [-0.1, -0.05) is 56.5 Å². The van der Waals surface area contributed by atoms with Crippen LogP contribution in [0, 0.1) is 0 Å². The molecule has 4 nitrogen and oxygen atoms in total. The van der Waals surface area contributed by atoms with E-state index in [9.17, 15) is 9.59 Å². The normalized spacial score (nSPS) is 24.2. The van der Waals surface area contributed by atoms with Gasteiger partial charge in [0, 0.05) is 6.04 Å². The lowest BCUT2D eigenvalue weighted by atomic mass is 9.83. The molecule has 0 spiro atoms. The SMILES string of the molecule is CCC(C)(C(=O)NC1CCCCC1)N1C(=O)CC1c1ccccc1. The predicted molar refractivity (Wildman–Crippen MR) is 94.4 cm³/mol. The summed E-state index contributed by atoms with van der Waals surface area (Å²) in [5, 5.41) is 3.22. The molecule has 3 rings (SSSR count). The van der Waals surface area contributed by atoms with Crippen LogP contribution in [-0.2, 0) is 9.59 Å². The molecular weight excluding hydrogens is 300 g/mol.